The number of carbonyl (C=O) groups excluding carboxylic acids is 3. The molecule has 0 radical (unpaired) electrons. The van der Waals surface area contributed by atoms with Gasteiger partial charge < -0.3 is 14.2 Å². The normalized spacial score (nSPS) is 12.9. The monoisotopic (exact) mass is 1080 g/mol. The van der Waals surface area contributed by atoms with Crippen LogP contribution in [0.2, 0.25) is 0 Å². The Morgan fingerprint density at radius 2 is 0.551 bits per heavy atom. The van der Waals surface area contributed by atoms with Crippen molar-refractivity contribution >= 4 is 17.9 Å². The number of hydrogen-bond acceptors (Lipinski definition) is 6. The Morgan fingerprint density at radius 3 is 0.897 bits per heavy atom. The summed E-state index contributed by atoms with van der Waals surface area (Å²) in [5.74, 6) is -1.01. The van der Waals surface area contributed by atoms with E-state index < -0.39 is 12.1 Å². The van der Waals surface area contributed by atoms with Crippen LogP contribution in [0.1, 0.15) is 297 Å². The van der Waals surface area contributed by atoms with Gasteiger partial charge in [0.25, 0.3) is 0 Å². The fraction of sp³-hybridized carbons (Fsp3) is 0.681. The van der Waals surface area contributed by atoms with Crippen LogP contribution in [0, 0.1) is 0 Å². The molecule has 0 N–H and O–H groups in total. The molecule has 0 bridgehead atoms. The first-order valence-corrected chi connectivity index (χ1v) is 32.5. The molecule has 0 amide bonds. The predicted octanol–water partition coefficient (Wildman–Crippen LogP) is 22.4. The molecule has 0 aliphatic rings. The summed E-state index contributed by atoms with van der Waals surface area (Å²) >= 11 is 0. The molecule has 1 atom stereocenters. The summed E-state index contributed by atoms with van der Waals surface area (Å²) in [5, 5.41) is 0. The van der Waals surface area contributed by atoms with E-state index in [1.54, 1.807) is 0 Å². The van der Waals surface area contributed by atoms with Gasteiger partial charge in [0.15, 0.2) is 6.10 Å². The molecule has 0 aliphatic heterocycles. The lowest BCUT2D eigenvalue weighted by atomic mass is 10.0. The predicted molar refractivity (Wildman–Crippen MR) is 339 cm³/mol. The smallest absolute Gasteiger partial charge is 0.306 e. The van der Waals surface area contributed by atoms with E-state index in [-0.39, 0.29) is 31.6 Å². The average Bonchev–Trinajstić information content (AvgIpc) is 3.44. The van der Waals surface area contributed by atoms with Crippen LogP contribution in [-0.4, -0.2) is 37.2 Å². The van der Waals surface area contributed by atoms with E-state index in [1.807, 2.05) is 6.08 Å². The summed E-state index contributed by atoms with van der Waals surface area (Å²) in [7, 11) is 0. The molecule has 0 aliphatic carbocycles. The lowest BCUT2D eigenvalue weighted by Crippen LogP contribution is -2.30. The first-order valence-electron chi connectivity index (χ1n) is 32.5. The van der Waals surface area contributed by atoms with Gasteiger partial charge in [0.05, 0.1) is 0 Å². The maximum absolute atomic E-state index is 12.8. The summed E-state index contributed by atoms with van der Waals surface area (Å²) in [6.07, 6.45) is 91.0. The van der Waals surface area contributed by atoms with Crippen molar-refractivity contribution in [3.8, 4) is 0 Å². The van der Waals surface area contributed by atoms with Gasteiger partial charge in [-0.3, -0.25) is 14.4 Å². The maximum Gasteiger partial charge on any atom is 0.306 e. The number of carbonyl (C=O) groups is 3. The molecule has 0 saturated heterocycles. The molecule has 78 heavy (non-hydrogen) atoms. The second kappa shape index (κ2) is 65.3. The van der Waals surface area contributed by atoms with E-state index in [0.29, 0.717) is 19.3 Å². The first kappa shape index (κ1) is 73.8. The van der Waals surface area contributed by atoms with Gasteiger partial charge in [0, 0.05) is 19.3 Å². The van der Waals surface area contributed by atoms with Gasteiger partial charge in [0.2, 0.25) is 0 Å². The van der Waals surface area contributed by atoms with Crippen LogP contribution in [0.25, 0.3) is 0 Å². The van der Waals surface area contributed by atoms with Gasteiger partial charge in [-0.1, -0.05) is 284 Å². The SMILES string of the molecule is CC/C=C\C/C=C\C/C=C\C/C=C\C/C=C\C/C=C\CCC(=O)OC(COC(=O)CCCCCCC/C=C\CCC)COC(=O)CCCCCCCCCCCCCCCCCC/C=C\C/C=C\C/C=C\CCCCCCC. The largest absolute Gasteiger partial charge is 0.462 e. The standard InChI is InChI=1S/C72H120O6/c1-4-7-10-13-16-19-22-24-26-28-30-31-32-33-34-35-36-37-38-39-40-41-43-44-46-48-50-53-56-59-62-65-71(74)77-68-69(67-76-70(73)64-61-58-55-52-21-18-15-12-9-6-3)78-72(75)66-63-60-57-54-51-49-47-45-42-29-27-25-23-20-17-14-11-8-5-2/h8,11-12,15,17,20,22,24-25,27-28,30,32-33,42,45,49,51,57,60,69H,4-7,9-10,13-14,16,18-19,21,23,26,29,31,34-41,43-44,46-48,50,52-56,58-59,61-68H2,1-3H3/b11-8-,15-12-,20-17-,24-22-,27-25-,30-28-,33-32-,45-42-,51-49-,60-57-. The summed E-state index contributed by atoms with van der Waals surface area (Å²) in [4.78, 5) is 38.2. The third-order valence-electron chi connectivity index (χ3n) is 13.7. The first-order chi connectivity index (χ1) is 38.5. The summed E-state index contributed by atoms with van der Waals surface area (Å²) in [5.41, 5.74) is 0. The molecular weight excluding hydrogens is 961 g/mol. The quantitative estimate of drug-likeness (QED) is 0.0261. The highest BCUT2D eigenvalue weighted by molar-refractivity contribution is 5.71. The zero-order valence-electron chi connectivity index (χ0n) is 50.9. The van der Waals surface area contributed by atoms with Crippen molar-refractivity contribution in [1.82, 2.24) is 0 Å². The van der Waals surface area contributed by atoms with Crippen LogP contribution in [0.4, 0.5) is 0 Å². The van der Waals surface area contributed by atoms with E-state index >= 15 is 0 Å². The number of esters is 3. The second-order valence-electron chi connectivity index (χ2n) is 21.3. The zero-order chi connectivity index (χ0) is 56.4. The van der Waals surface area contributed by atoms with Gasteiger partial charge in [-0.25, -0.2) is 0 Å². The van der Waals surface area contributed by atoms with Gasteiger partial charge in [0.1, 0.15) is 13.2 Å². The second-order valence-corrected chi connectivity index (χ2v) is 21.3. The van der Waals surface area contributed by atoms with Crippen LogP contribution in [0.3, 0.4) is 0 Å². The molecule has 0 fully saturated rings. The minimum Gasteiger partial charge on any atom is -0.462 e. The van der Waals surface area contributed by atoms with E-state index in [1.165, 1.54) is 141 Å². The number of allylic oxidation sites excluding steroid dienone is 20. The summed E-state index contributed by atoms with van der Waals surface area (Å²) in [6, 6.07) is 0. The van der Waals surface area contributed by atoms with E-state index in [4.69, 9.17) is 14.2 Å². The van der Waals surface area contributed by atoms with Crippen LogP contribution >= 0.6 is 0 Å². The zero-order valence-corrected chi connectivity index (χ0v) is 50.9. The summed E-state index contributed by atoms with van der Waals surface area (Å²) < 4.78 is 16.8. The van der Waals surface area contributed by atoms with Crippen molar-refractivity contribution in [2.24, 2.45) is 0 Å². The fourth-order valence-corrected chi connectivity index (χ4v) is 8.83. The highest BCUT2D eigenvalue weighted by atomic mass is 16.6. The Kier molecular flexibility index (Phi) is 61.8. The van der Waals surface area contributed by atoms with Crippen LogP contribution in [-0.2, 0) is 28.6 Å². The van der Waals surface area contributed by atoms with E-state index in [2.05, 4.69) is 136 Å². The molecule has 0 aromatic carbocycles. The average molecular weight is 1080 g/mol. The van der Waals surface area contributed by atoms with Crippen LogP contribution in [0.15, 0.2) is 122 Å². The molecule has 0 aromatic heterocycles. The number of hydrogen-bond donors (Lipinski definition) is 0. The molecule has 444 valence electrons. The molecule has 0 heterocycles. The minimum atomic E-state index is -0.824. The van der Waals surface area contributed by atoms with Gasteiger partial charge >= 0.3 is 17.9 Å². The molecule has 0 spiro atoms. The Morgan fingerprint density at radius 1 is 0.269 bits per heavy atom. The Balaban J connectivity index is 4.24. The van der Waals surface area contributed by atoms with Crippen molar-refractivity contribution in [3.63, 3.8) is 0 Å². The highest BCUT2D eigenvalue weighted by Gasteiger charge is 2.19. The molecule has 0 saturated carbocycles. The maximum atomic E-state index is 12.8. The topological polar surface area (TPSA) is 78.9 Å². The number of rotatable bonds is 58. The molecular formula is C72H120O6. The Hall–Kier alpha value is -4.19. The molecule has 0 aromatic rings. The number of ether oxygens (including phenoxy) is 3. The third kappa shape index (κ3) is 62.7. The highest BCUT2D eigenvalue weighted by Crippen LogP contribution is 2.16. The van der Waals surface area contributed by atoms with Crippen molar-refractivity contribution < 1.29 is 28.6 Å². The Labute approximate surface area is 482 Å². The van der Waals surface area contributed by atoms with E-state index in [0.717, 1.165) is 109 Å². The van der Waals surface area contributed by atoms with Gasteiger partial charge in [-0.05, 0) is 116 Å². The molecule has 0 rings (SSSR count). The van der Waals surface area contributed by atoms with Crippen LogP contribution in [0.5, 0.6) is 0 Å². The molecule has 6 nitrogen and oxygen atoms in total. The summed E-state index contributed by atoms with van der Waals surface area (Å²) in [6.45, 7) is 6.39. The minimum absolute atomic E-state index is 0.112. The fourth-order valence-electron chi connectivity index (χ4n) is 8.83. The lowest BCUT2D eigenvalue weighted by Gasteiger charge is -2.18. The number of unbranched alkanes of at least 4 members (excludes halogenated alkanes) is 27. The van der Waals surface area contributed by atoms with Gasteiger partial charge in [-0.2, -0.15) is 0 Å². The van der Waals surface area contributed by atoms with Crippen LogP contribution < -0.4 is 0 Å². The third-order valence-corrected chi connectivity index (χ3v) is 13.7. The van der Waals surface area contributed by atoms with E-state index in [9.17, 15) is 14.4 Å². The molecule has 6 heteroatoms. The molecule has 1 unspecified atom stereocenters. The Bertz CT molecular complexity index is 1620. The lowest BCUT2D eigenvalue weighted by molar-refractivity contribution is -0.166. The van der Waals surface area contributed by atoms with Crippen molar-refractivity contribution in [3.05, 3.63) is 122 Å². The van der Waals surface area contributed by atoms with Crippen molar-refractivity contribution in [2.45, 2.75) is 303 Å². The van der Waals surface area contributed by atoms with Crippen molar-refractivity contribution in [2.75, 3.05) is 13.2 Å². The van der Waals surface area contributed by atoms with Gasteiger partial charge in [-0.15, -0.1) is 0 Å². The van der Waals surface area contributed by atoms with Crippen molar-refractivity contribution in [1.29, 1.82) is 0 Å².